The lowest BCUT2D eigenvalue weighted by Gasteiger charge is -2.29. The van der Waals surface area contributed by atoms with E-state index in [0.29, 0.717) is 13.1 Å². The van der Waals surface area contributed by atoms with Crippen LogP contribution in [0.25, 0.3) is 0 Å². The minimum absolute atomic E-state index is 0.294. The molecule has 0 fully saturated rings. The molecular formula is C13H28N2O4. The fraction of sp³-hybridized carbons (Fsp3) is 0.923. The van der Waals surface area contributed by atoms with Crippen molar-refractivity contribution in [1.82, 2.24) is 10.6 Å². The lowest BCUT2D eigenvalue weighted by Crippen LogP contribution is -2.52. The van der Waals surface area contributed by atoms with Crippen molar-refractivity contribution in [2.75, 3.05) is 27.3 Å². The summed E-state index contributed by atoms with van der Waals surface area (Å²) in [6, 6.07) is 0. The monoisotopic (exact) mass is 276 g/mol. The SMILES string of the molecule is COC(CNCC(C)(C)NC(=O)OC(C)(C)C)OC. The molecule has 0 atom stereocenters. The van der Waals surface area contributed by atoms with E-state index in [0.717, 1.165) is 0 Å². The van der Waals surface area contributed by atoms with Crippen LogP contribution in [-0.2, 0) is 14.2 Å². The topological polar surface area (TPSA) is 68.8 Å². The predicted molar refractivity (Wildman–Crippen MR) is 74.1 cm³/mol. The Bertz CT molecular complexity index is 270. The molecule has 0 aromatic rings. The van der Waals surface area contributed by atoms with E-state index in [4.69, 9.17) is 14.2 Å². The Balaban J connectivity index is 4.07. The Morgan fingerprint density at radius 1 is 1.11 bits per heavy atom. The van der Waals surface area contributed by atoms with Crippen molar-refractivity contribution in [3.05, 3.63) is 0 Å². The van der Waals surface area contributed by atoms with E-state index < -0.39 is 17.2 Å². The summed E-state index contributed by atoms with van der Waals surface area (Å²) in [4.78, 5) is 11.7. The maximum Gasteiger partial charge on any atom is 0.408 e. The lowest BCUT2D eigenvalue weighted by atomic mass is 10.1. The van der Waals surface area contributed by atoms with Gasteiger partial charge in [0.1, 0.15) is 5.60 Å². The molecule has 6 nitrogen and oxygen atoms in total. The molecule has 114 valence electrons. The van der Waals surface area contributed by atoms with Gasteiger partial charge in [-0.3, -0.25) is 0 Å². The Hall–Kier alpha value is -0.850. The van der Waals surface area contributed by atoms with Crippen molar-refractivity contribution >= 4 is 6.09 Å². The maximum absolute atomic E-state index is 11.7. The van der Waals surface area contributed by atoms with Crippen molar-refractivity contribution in [3.8, 4) is 0 Å². The minimum atomic E-state index is -0.495. The molecule has 0 aliphatic carbocycles. The lowest BCUT2D eigenvalue weighted by molar-refractivity contribution is -0.0990. The normalized spacial score (nSPS) is 12.6. The van der Waals surface area contributed by atoms with Crippen LogP contribution in [0.3, 0.4) is 0 Å². The van der Waals surface area contributed by atoms with Crippen LogP contribution in [0.1, 0.15) is 34.6 Å². The van der Waals surface area contributed by atoms with Crippen LogP contribution in [0.2, 0.25) is 0 Å². The van der Waals surface area contributed by atoms with Gasteiger partial charge in [-0.05, 0) is 34.6 Å². The van der Waals surface area contributed by atoms with Gasteiger partial charge in [0.05, 0.1) is 5.54 Å². The van der Waals surface area contributed by atoms with Crippen LogP contribution < -0.4 is 10.6 Å². The summed E-state index contributed by atoms with van der Waals surface area (Å²) in [5.74, 6) is 0. The highest BCUT2D eigenvalue weighted by Gasteiger charge is 2.24. The first-order valence-electron chi connectivity index (χ1n) is 6.37. The van der Waals surface area contributed by atoms with Crippen molar-refractivity contribution < 1.29 is 19.0 Å². The van der Waals surface area contributed by atoms with E-state index >= 15 is 0 Å². The molecule has 0 bridgehead atoms. The predicted octanol–water partition coefficient (Wildman–Crippen LogP) is 1.50. The standard InChI is InChI=1S/C13H28N2O4/c1-12(2,3)19-11(16)15-13(4,5)9-14-8-10(17-6)18-7/h10,14H,8-9H2,1-7H3,(H,15,16). The van der Waals surface area contributed by atoms with Gasteiger partial charge in [0, 0.05) is 27.3 Å². The summed E-state index contributed by atoms with van der Waals surface area (Å²) >= 11 is 0. The number of amides is 1. The molecule has 0 aromatic heterocycles. The van der Waals surface area contributed by atoms with Crippen molar-refractivity contribution in [3.63, 3.8) is 0 Å². The molecule has 0 unspecified atom stereocenters. The minimum Gasteiger partial charge on any atom is -0.444 e. The molecule has 0 saturated heterocycles. The number of carbonyl (C=O) groups excluding carboxylic acids is 1. The van der Waals surface area contributed by atoms with Crippen LogP contribution in [0, 0.1) is 0 Å². The number of methoxy groups -OCH3 is 2. The summed E-state index contributed by atoms with van der Waals surface area (Å²) in [5.41, 5.74) is -0.918. The molecule has 19 heavy (non-hydrogen) atoms. The molecule has 0 rings (SSSR count). The highest BCUT2D eigenvalue weighted by atomic mass is 16.7. The summed E-state index contributed by atoms with van der Waals surface area (Å²) in [6.45, 7) is 10.5. The van der Waals surface area contributed by atoms with Gasteiger partial charge in [-0.25, -0.2) is 4.79 Å². The van der Waals surface area contributed by atoms with Gasteiger partial charge in [-0.2, -0.15) is 0 Å². The fourth-order valence-corrected chi connectivity index (χ4v) is 1.39. The van der Waals surface area contributed by atoms with Crippen molar-refractivity contribution in [1.29, 1.82) is 0 Å². The van der Waals surface area contributed by atoms with E-state index in [-0.39, 0.29) is 6.29 Å². The van der Waals surface area contributed by atoms with Gasteiger partial charge in [-0.1, -0.05) is 0 Å². The number of hydrogen-bond acceptors (Lipinski definition) is 5. The molecule has 0 spiro atoms. The average Bonchev–Trinajstić information content (AvgIpc) is 2.20. The number of hydrogen-bond donors (Lipinski definition) is 2. The first kappa shape index (κ1) is 18.1. The molecule has 0 saturated carbocycles. The smallest absolute Gasteiger partial charge is 0.408 e. The highest BCUT2D eigenvalue weighted by Crippen LogP contribution is 2.09. The summed E-state index contributed by atoms with van der Waals surface area (Å²) in [5, 5.41) is 5.99. The zero-order valence-electron chi connectivity index (χ0n) is 13.1. The van der Waals surface area contributed by atoms with Crippen molar-refractivity contribution in [2.45, 2.75) is 52.0 Å². The third kappa shape index (κ3) is 9.69. The molecule has 0 aromatic carbocycles. The molecular weight excluding hydrogens is 248 g/mol. The summed E-state index contributed by atoms with van der Waals surface area (Å²) in [6.07, 6.45) is -0.716. The van der Waals surface area contributed by atoms with E-state index in [1.54, 1.807) is 14.2 Å². The fourth-order valence-electron chi connectivity index (χ4n) is 1.39. The first-order valence-corrected chi connectivity index (χ1v) is 6.37. The van der Waals surface area contributed by atoms with Gasteiger partial charge < -0.3 is 24.8 Å². The quantitative estimate of drug-likeness (QED) is 0.690. The number of rotatable bonds is 7. The average molecular weight is 276 g/mol. The van der Waals surface area contributed by atoms with Crippen LogP contribution in [-0.4, -0.2) is 50.8 Å². The Labute approximate surface area is 116 Å². The molecule has 1 amide bonds. The zero-order valence-corrected chi connectivity index (χ0v) is 13.1. The second-order valence-corrected chi connectivity index (χ2v) is 6.04. The Kier molecular flexibility index (Phi) is 7.33. The van der Waals surface area contributed by atoms with Crippen molar-refractivity contribution in [2.24, 2.45) is 0 Å². The number of carbonyl (C=O) groups is 1. The molecule has 6 heteroatoms. The van der Waals surface area contributed by atoms with Crippen LogP contribution in [0.5, 0.6) is 0 Å². The van der Waals surface area contributed by atoms with Gasteiger partial charge >= 0.3 is 6.09 Å². The number of ether oxygens (including phenoxy) is 3. The van der Waals surface area contributed by atoms with Crippen LogP contribution >= 0.6 is 0 Å². The molecule has 0 aliphatic heterocycles. The summed E-state index contributed by atoms with van der Waals surface area (Å²) in [7, 11) is 3.17. The van der Waals surface area contributed by atoms with Crippen LogP contribution in [0.4, 0.5) is 4.79 Å². The van der Waals surface area contributed by atoms with E-state index in [1.165, 1.54) is 0 Å². The third-order valence-electron chi connectivity index (χ3n) is 2.24. The van der Waals surface area contributed by atoms with Crippen LogP contribution in [0.15, 0.2) is 0 Å². The zero-order chi connectivity index (χ0) is 15.1. The molecule has 0 heterocycles. The maximum atomic E-state index is 11.7. The summed E-state index contributed by atoms with van der Waals surface area (Å²) < 4.78 is 15.3. The largest absolute Gasteiger partial charge is 0.444 e. The van der Waals surface area contributed by atoms with Gasteiger partial charge in [0.2, 0.25) is 0 Å². The Morgan fingerprint density at radius 3 is 2.05 bits per heavy atom. The van der Waals surface area contributed by atoms with E-state index in [2.05, 4.69) is 10.6 Å². The molecule has 0 radical (unpaired) electrons. The third-order valence-corrected chi connectivity index (χ3v) is 2.24. The van der Waals surface area contributed by atoms with E-state index in [1.807, 2.05) is 34.6 Å². The second-order valence-electron chi connectivity index (χ2n) is 6.04. The van der Waals surface area contributed by atoms with Gasteiger partial charge in [-0.15, -0.1) is 0 Å². The molecule has 0 aliphatic rings. The number of nitrogens with one attached hydrogen (secondary N) is 2. The number of alkyl carbamates (subject to hydrolysis) is 1. The van der Waals surface area contributed by atoms with Gasteiger partial charge in [0.15, 0.2) is 6.29 Å². The second kappa shape index (κ2) is 7.67. The van der Waals surface area contributed by atoms with Gasteiger partial charge in [0.25, 0.3) is 0 Å². The Morgan fingerprint density at radius 2 is 1.63 bits per heavy atom. The highest BCUT2D eigenvalue weighted by molar-refractivity contribution is 5.68. The molecule has 2 N–H and O–H groups in total. The van der Waals surface area contributed by atoms with E-state index in [9.17, 15) is 4.79 Å². The first-order chi connectivity index (χ1) is 8.59.